The van der Waals surface area contributed by atoms with Crippen molar-refractivity contribution in [3.05, 3.63) is 35.4 Å². The molecule has 3 heteroatoms. The van der Waals surface area contributed by atoms with Gasteiger partial charge in [0.05, 0.1) is 12.1 Å². The summed E-state index contributed by atoms with van der Waals surface area (Å²) in [5.41, 5.74) is 2.50. The predicted molar refractivity (Wildman–Crippen MR) is 67.2 cm³/mol. The van der Waals surface area contributed by atoms with E-state index in [1.54, 1.807) is 6.92 Å². The van der Waals surface area contributed by atoms with Crippen LogP contribution in [-0.4, -0.2) is 18.0 Å². The topological polar surface area (TPSA) is 41.1 Å². The van der Waals surface area contributed by atoms with E-state index in [0.717, 1.165) is 13.0 Å². The highest BCUT2D eigenvalue weighted by atomic mass is 16.2. The first-order valence-corrected chi connectivity index (χ1v) is 5.77. The Kier molecular flexibility index (Phi) is 3.46. The minimum absolute atomic E-state index is 0.0232. The van der Waals surface area contributed by atoms with Crippen molar-refractivity contribution in [2.75, 3.05) is 0 Å². The standard InChI is InChI=1S/C14H16N2O/c1-3-10(2)16-14(17)13-8-11-6-4-5-7-12(11)9-15-13/h1,4-7,10,13,15H,8-9H2,2H3,(H,16,17)/t10?,13-/m0/s1. The van der Waals surface area contributed by atoms with E-state index < -0.39 is 0 Å². The lowest BCUT2D eigenvalue weighted by atomic mass is 9.95. The molecule has 0 saturated carbocycles. The Morgan fingerprint density at radius 1 is 1.53 bits per heavy atom. The highest BCUT2D eigenvalue weighted by molar-refractivity contribution is 5.83. The SMILES string of the molecule is C#CC(C)NC(=O)[C@@H]1Cc2ccccc2CN1. The summed E-state index contributed by atoms with van der Waals surface area (Å²) in [5, 5.41) is 6.02. The van der Waals surface area contributed by atoms with E-state index >= 15 is 0 Å². The monoisotopic (exact) mass is 228 g/mol. The van der Waals surface area contributed by atoms with Crippen LogP contribution in [0.2, 0.25) is 0 Å². The van der Waals surface area contributed by atoms with Gasteiger partial charge in [0, 0.05) is 6.54 Å². The summed E-state index contributed by atoms with van der Waals surface area (Å²) in [6, 6.07) is 7.77. The second-order valence-electron chi connectivity index (χ2n) is 4.30. The first kappa shape index (κ1) is 11.7. The molecule has 17 heavy (non-hydrogen) atoms. The van der Waals surface area contributed by atoms with Gasteiger partial charge in [0.25, 0.3) is 0 Å². The molecule has 1 amide bonds. The van der Waals surface area contributed by atoms with Gasteiger partial charge in [0.1, 0.15) is 0 Å². The van der Waals surface area contributed by atoms with Crippen molar-refractivity contribution in [1.29, 1.82) is 0 Å². The molecule has 2 rings (SSSR count). The zero-order valence-electron chi connectivity index (χ0n) is 9.86. The molecule has 0 radical (unpaired) electrons. The van der Waals surface area contributed by atoms with Crippen LogP contribution in [0.1, 0.15) is 18.1 Å². The fourth-order valence-electron chi connectivity index (χ4n) is 2.00. The number of carbonyl (C=O) groups is 1. The third-order valence-corrected chi connectivity index (χ3v) is 3.01. The summed E-state index contributed by atoms with van der Waals surface area (Å²) in [6.45, 7) is 2.54. The molecule has 1 aliphatic heterocycles. The summed E-state index contributed by atoms with van der Waals surface area (Å²) < 4.78 is 0. The third-order valence-electron chi connectivity index (χ3n) is 3.01. The van der Waals surface area contributed by atoms with Crippen molar-refractivity contribution in [1.82, 2.24) is 10.6 Å². The summed E-state index contributed by atoms with van der Waals surface area (Å²) in [5.74, 6) is 2.47. The van der Waals surface area contributed by atoms with Crippen LogP contribution in [0.25, 0.3) is 0 Å². The highest BCUT2D eigenvalue weighted by Gasteiger charge is 2.24. The number of rotatable bonds is 2. The molecule has 0 saturated heterocycles. The van der Waals surface area contributed by atoms with Gasteiger partial charge in [-0.2, -0.15) is 0 Å². The van der Waals surface area contributed by atoms with Gasteiger partial charge in [-0.15, -0.1) is 6.42 Å². The first-order valence-electron chi connectivity index (χ1n) is 5.77. The molecule has 1 aliphatic rings. The fourth-order valence-corrected chi connectivity index (χ4v) is 2.00. The minimum atomic E-state index is -0.221. The van der Waals surface area contributed by atoms with E-state index in [9.17, 15) is 4.79 Å². The van der Waals surface area contributed by atoms with Crippen LogP contribution in [0.15, 0.2) is 24.3 Å². The Hall–Kier alpha value is -1.79. The molecule has 0 aliphatic carbocycles. The molecule has 2 N–H and O–H groups in total. The van der Waals surface area contributed by atoms with Gasteiger partial charge in [-0.3, -0.25) is 4.79 Å². The van der Waals surface area contributed by atoms with Gasteiger partial charge in [-0.1, -0.05) is 30.2 Å². The zero-order valence-corrected chi connectivity index (χ0v) is 9.86. The average Bonchev–Trinajstić information content (AvgIpc) is 2.38. The van der Waals surface area contributed by atoms with Crippen molar-refractivity contribution in [2.45, 2.75) is 32.0 Å². The molecule has 2 atom stereocenters. The first-order chi connectivity index (χ1) is 8.20. The van der Waals surface area contributed by atoms with Crippen LogP contribution in [0.5, 0.6) is 0 Å². The molecule has 0 spiro atoms. The lowest BCUT2D eigenvalue weighted by Crippen LogP contribution is -2.49. The maximum absolute atomic E-state index is 11.9. The molecule has 1 aromatic carbocycles. The molecule has 0 fully saturated rings. The van der Waals surface area contributed by atoms with Crippen LogP contribution >= 0.6 is 0 Å². The minimum Gasteiger partial charge on any atom is -0.341 e. The molecule has 1 aromatic rings. The van der Waals surface area contributed by atoms with Gasteiger partial charge in [-0.25, -0.2) is 0 Å². The Morgan fingerprint density at radius 2 is 2.24 bits per heavy atom. The van der Waals surface area contributed by atoms with Crippen LogP contribution in [0.4, 0.5) is 0 Å². The Bertz CT molecular complexity index is 462. The summed E-state index contributed by atoms with van der Waals surface area (Å²) in [4.78, 5) is 11.9. The maximum Gasteiger partial charge on any atom is 0.238 e. The number of terminal acetylenes is 1. The Balaban J connectivity index is 2.03. The van der Waals surface area contributed by atoms with Crippen LogP contribution in [0.3, 0.4) is 0 Å². The lowest BCUT2D eigenvalue weighted by Gasteiger charge is -2.25. The van der Waals surface area contributed by atoms with E-state index in [1.807, 2.05) is 12.1 Å². The van der Waals surface area contributed by atoms with Crippen molar-refractivity contribution in [3.8, 4) is 12.3 Å². The number of nitrogens with one attached hydrogen (secondary N) is 2. The molecule has 0 aromatic heterocycles. The quantitative estimate of drug-likeness (QED) is 0.736. The van der Waals surface area contributed by atoms with Gasteiger partial charge < -0.3 is 10.6 Å². The van der Waals surface area contributed by atoms with Crippen molar-refractivity contribution < 1.29 is 4.79 Å². The number of carbonyl (C=O) groups excluding carboxylic acids is 1. The molecule has 3 nitrogen and oxygen atoms in total. The van der Waals surface area contributed by atoms with Crippen molar-refractivity contribution in [2.24, 2.45) is 0 Å². The van der Waals surface area contributed by atoms with E-state index in [1.165, 1.54) is 11.1 Å². The number of fused-ring (bicyclic) bond motifs is 1. The molecule has 1 unspecified atom stereocenters. The van der Waals surface area contributed by atoms with Crippen LogP contribution < -0.4 is 10.6 Å². The molecule has 0 bridgehead atoms. The second kappa shape index (κ2) is 5.03. The largest absolute Gasteiger partial charge is 0.341 e. The van der Waals surface area contributed by atoms with Crippen LogP contribution in [0, 0.1) is 12.3 Å². The maximum atomic E-state index is 11.9. The summed E-state index contributed by atoms with van der Waals surface area (Å²) >= 11 is 0. The summed E-state index contributed by atoms with van der Waals surface area (Å²) in [7, 11) is 0. The Morgan fingerprint density at radius 3 is 2.94 bits per heavy atom. The molecule has 88 valence electrons. The highest BCUT2D eigenvalue weighted by Crippen LogP contribution is 2.16. The average molecular weight is 228 g/mol. The zero-order chi connectivity index (χ0) is 12.3. The lowest BCUT2D eigenvalue weighted by molar-refractivity contribution is -0.123. The van der Waals surface area contributed by atoms with E-state index in [-0.39, 0.29) is 18.0 Å². The van der Waals surface area contributed by atoms with E-state index in [2.05, 4.69) is 28.7 Å². The second-order valence-corrected chi connectivity index (χ2v) is 4.30. The summed E-state index contributed by atoms with van der Waals surface area (Å²) in [6.07, 6.45) is 5.96. The third kappa shape index (κ3) is 2.66. The molecular weight excluding hydrogens is 212 g/mol. The van der Waals surface area contributed by atoms with Crippen LogP contribution in [-0.2, 0) is 17.8 Å². The van der Waals surface area contributed by atoms with Crippen molar-refractivity contribution >= 4 is 5.91 Å². The number of amides is 1. The predicted octanol–water partition coefficient (Wildman–Crippen LogP) is 0.839. The van der Waals surface area contributed by atoms with Gasteiger partial charge >= 0.3 is 0 Å². The Labute approximate surface area is 102 Å². The number of hydrogen-bond donors (Lipinski definition) is 2. The molecular formula is C14H16N2O. The van der Waals surface area contributed by atoms with E-state index in [4.69, 9.17) is 6.42 Å². The van der Waals surface area contributed by atoms with E-state index in [0.29, 0.717) is 0 Å². The fraction of sp³-hybridized carbons (Fsp3) is 0.357. The van der Waals surface area contributed by atoms with Gasteiger partial charge in [0.15, 0.2) is 0 Å². The number of hydrogen-bond acceptors (Lipinski definition) is 2. The smallest absolute Gasteiger partial charge is 0.238 e. The molecule has 1 heterocycles. The normalized spacial score (nSPS) is 19.9. The van der Waals surface area contributed by atoms with Gasteiger partial charge in [0.2, 0.25) is 5.91 Å². The van der Waals surface area contributed by atoms with Gasteiger partial charge in [-0.05, 0) is 24.5 Å². The number of benzene rings is 1. The van der Waals surface area contributed by atoms with Crippen molar-refractivity contribution in [3.63, 3.8) is 0 Å².